The van der Waals surface area contributed by atoms with E-state index in [2.05, 4.69) is 53.4 Å². The van der Waals surface area contributed by atoms with Gasteiger partial charge in [0.25, 0.3) is 0 Å². The van der Waals surface area contributed by atoms with E-state index >= 15 is 0 Å². The summed E-state index contributed by atoms with van der Waals surface area (Å²) in [5.41, 5.74) is 2.27. The standard InChI is InChI=1S/C21H31N5OS/c1-5-22-21(23-14-17-15-28-20(24-17)16(2)3)26-11-9-25(10-12-26)18-7-6-8-19(13-18)27-4/h6-8,13,15-16H,5,9-12,14H2,1-4H3,(H,22,23). The first-order valence-corrected chi connectivity index (χ1v) is 10.8. The van der Waals surface area contributed by atoms with Gasteiger partial charge in [0.1, 0.15) is 5.75 Å². The van der Waals surface area contributed by atoms with E-state index in [-0.39, 0.29) is 0 Å². The summed E-state index contributed by atoms with van der Waals surface area (Å²) in [7, 11) is 1.71. The summed E-state index contributed by atoms with van der Waals surface area (Å²) in [5, 5.41) is 6.75. The van der Waals surface area contributed by atoms with Crippen molar-refractivity contribution in [2.75, 3.05) is 44.7 Å². The lowest BCUT2D eigenvalue weighted by Gasteiger charge is -2.37. The SMILES string of the molecule is CCNC(=NCc1csc(C(C)C)n1)N1CCN(c2cccc(OC)c2)CC1. The monoisotopic (exact) mass is 401 g/mol. The first kappa shape index (κ1) is 20.5. The van der Waals surface area contributed by atoms with Crippen LogP contribution in [0.3, 0.4) is 0 Å². The molecule has 0 radical (unpaired) electrons. The van der Waals surface area contributed by atoms with Crippen molar-refractivity contribution in [3.05, 3.63) is 40.3 Å². The highest BCUT2D eigenvalue weighted by Crippen LogP contribution is 2.22. The van der Waals surface area contributed by atoms with E-state index in [9.17, 15) is 0 Å². The van der Waals surface area contributed by atoms with Gasteiger partial charge in [-0.3, -0.25) is 0 Å². The largest absolute Gasteiger partial charge is 0.497 e. The summed E-state index contributed by atoms with van der Waals surface area (Å²) in [6.07, 6.45) is 0. The first-order valence-electron chi connectivity index (χ1n) is 9.97. The van der Waals surface area contributed by atoms with Crippen molar-refractivity contribution in [1.82, 2.24) is 15.2 Å². The number of anilines is 1. The van der Waals surface area contributed by atoms with Crippen LogP contribution in [0.2, 0.25) is 0 Å². The first-order chi connectivity index (χ1) is 13.6. The van der Waals surface area contributed by atoms with Gasteiger partial charge in [0.15, 0.2) is 5.96 Å². The topological polar surface area (TPSA) is 53.0 Å². The van der Waals surface area contributed by atoms with Gasteiger partial charge < -0.3 is 19.9 Å². The average molecular weight is 402 g/mol. The third kappa shape index (κ3) is 5.16. The second-order valence-corrected chi connectivity index (χ2v) is 8.07. The fraction of sp³-hybridized carbons (Fsp3) is 0.524. The lowest BCUT2D eigenvalue weighted by Crippen LogP contribution is -2.52. The van der Waals surface area contributed by atoms with E-state index in [1.54, 1.807) is 18.4 Å². The molecule has 3 rings (SSSR count). The van der Waals surface area contributed by atoms with Crippen LogP contribution in [0.15, 0.2) is 34.6 Å². The molecule has 2 heterocycles. The van der Waals surface area contributed by atoms with Gasteiger partial charge in [0.05, 0.1) is 24.4 Å². The molecule has 0 amide bonds. The second kappa shape index (κ2) is 9.78. The Hall–Kier alpha value is -2.28. The van der Waals surface area contributed by atoms with E-state index in [1.165, 1.54) is 10.7 Å². The summed E-state index contributed by atoms with van der Waals surface area (Å²) >= 11 is 1.73. The zero-order valence-electron chi connectivity index (χ0n) is 17.3. The van der Waals surface area contributed by atoms with Gasteiger partial charge in [-0.05, 0) is 19.1 Å². The molecule has 152 valence electrons. The summed E-state index contributed by atoms with van der Waals surface area (Å²) in [6, 6.07) is 8.28. The summed E-state index contributed by atoms with van der Waals surface area (Å²) in [4.78, 5) is 14.3. The quantitative estimate of drug-likeness (QED) is 0.592. The highest BCUT2D eigenvalue weighted by Gasteiger charge is 2.20. The van der Waals surface area contributed by atoms with Crippen molar-refractivity contribution in [3.8, 4) is 5.75 Å². The van der Waals surface area contributed by atoms with Gasteiger partial charge in [-0.1, -0.05) is 19.9 Å². The molecule has 1 aromatic carbocycles. The molecule has 1 saturated heterocycles. The highest BCUT2D eigenvalue weighted by atomic mass is 32.1. The lowest BCUT2D eigenvalue weighted by molar-refractivity contribution is 0.372. The van der Waals surface area contributed by atoms with Gasteiger partial charge in [-0.2, -0.15) is 0 Å². The fourth-order valence-electron chi connectivity index (χ4n) is 3.23. The van der Waals surface area contributed by atoms with Crippen LogP contribution in [0.4, 0.5) is 5.69 Å². The predicted molar refractivity (Wildman–Crippen MR) is 118 cm³/mol. The molecule has 1 N–H and O–H groups in total. The van der Waals surface area contributed by atoms with Crippen LogP contribution in [-0.2, 0) is 6.54 Å². The predicted octanol–water partition coefficient (Wildman–Crippen LogP) is 3.56. The van der Waals surface area contributed by atoms with E-state index < -0.39 is 0 Å². The summed E-state index contributed by atoms with van der Waals surface area (Å²) in [5.74, 6) is 2.35. The molecule has 0 saturated carbocycles. The maximum atomic E-state index is 5.36. The van der Waals surface area contributed by atoms with Gasteiger partial charge in [-0.15, -0.1) is 11.3 Å². The van der Waals surface area contributed by atoms with Crippen LogP contribution in [0, 0.1) is 0 Å². The third-order valence-corrected chi connectivity index (χ3v) is 5.98. The maximum absolute atomic E-state index is 5.36. The minimum atomic E-state index is 0.473. The van der Waals surface area contributed by atoms with E-state index in [0.29, 0.717) is 12.5 Å². The number of rotatable bonds is 6. The number of piperazine rings is 1. The van der Waals surface area contributed by atoms with Crippen LogP contribution in [0.5, 0.6) is 5.75 Å². The van der Waals surface area contributed by atoms with Crippen molar-refractivity contribution in [3.63, 3.8) is 0 Å². The molecule has 0 bridgehead atoms. The Morgan fingerprint density at radius 3 is 2.71 bits per heavy atom. The number of hydrogen-bond donors (Lipinski definition) is 1. The molecule has 0 aliphatic carbocycles. The average Bonchev–Trinajstić information content (AvgIpc) is 3.21. The number of nitrogens with zero attached hydrogens (tertiary/aromatic N) is 4. The molecule has 7 heteroatoms. The number of ether oxygens (including phenoxy) is 1. The van der Waals surface area contributed by atoms with Gasteiger partial charge in [-0.25, -0.2) is 9.98 Å². The van der Waals surface area contributed by atoms with Gasteiger partial charge in [0, 0.05) is 55.8 Å². The Labute approximate surface area is 172 Å². The van der Waals surface area contributed by atoms with Crippen molar-refractivity contribution in [1.29, 1.82) is 0 Å². The Balaban J connectivity index is 1.61. The number of aromatic nitrogens is 1. The Morgan fingerprint density at radius 1 is 1.29 bits per heavy atom. The zero-order chi connectivity index (χ0) is 19.9. The molecule has 1 aliphatic heterocycles. The minimum absolute atomic E-state index is 0.473. The zero-order valence-corrected chi connectivity index (χ0v) is 18.1. The number of guanidine groups is 1. The number of thiazole rings is 1. The summed E-state index contributed by atoms with van der Waals surface area (Å²) < 4.78 is 5.36. The van der Waals surface area contributed by atoms with Crippen LogP contribution < -0.4 is 15.0 Å². The van der Waals surface area contributed by atoms with E-state index in [4.69, 9.17) is 14.7 Å². The number of aliphatic imine (C=N–C) groups is 1. The Kier molecular flexibility index (Phi) is 7.14. The molecule has 0 spiro atoms. The number of nitrogens with one attached hydrogen (secondary N) is 1. The molecule has 28 heavy (non-hydrogen) atoms. The Bertz CT molecular complexity index is 781. The molecular weight excluding hydrogens is 370 g/mol. The molecule has 6 nitrogen and oxygen atoms in total. The minimum Gasteiger partial charge on any atom is -0.497 e. The number of methoxy groups -OCH3 is 1. The van der Waals surface area contributed by atoms with Gasteiger partial charge >= 0.3 is 0 Å². The molecule has 1 fully saturated rings. The second-order valence-electron chi connectivity index (χ2n) is 7.18. The lowest BCUT2D eigenvalue weighted by atomic mass is 10.2. The van der Waals surface area contributed by atoms with Crippen molar-refractivity contribution >= 4 is 23.0 Å². The van der Waals surface area contributed by atoms with Crippen molar-refractivity contribution < 1.29 is 4.74 Å². The molecule has 0 atom stereocenters. The summed E-state index contributed by atoms with van der Waals surface area (Å²) in [6.45, 7) is 11.8. The Morgan fingerprint density at radius 2 is 2.07 bits per heavy atom. The number of hydrogen-bond acceptors (Lipinski definition) is 5. The third-order valence-electron chi connectivity index (χ3n) is 4.79. The van der Waals surface area contributed by atoms with Crippen LogP contribution in [0.25, 0.3) is 0 Å². The molecule has 1 aliphatic rings. The van der Waals surface area contributed by atoms with Crippen LogP contribution in [0.1, 0.15) is 37.4 Å². The van der Waals surface area contributed by atoms with Gasteiger partial charge in [0.2, 0.25) is 0 Å². The molecule has 0 unspecified atom stereocenters. The van der Waals surface area contributed by atoms with Crippen LogP contribution >= 0.6 is 11.3 Å². The van der Waals surface area contributed by atoms with E-state index in [1.807, 2.05) is 12.1 Å². The van der Waals surface area contributed by atoms with Crippen LogP contribution in [-0.4, -0.2) is 55.7 Å². The van der Waals surface area contributed by atoms with Crippen molar-refractivity contribution in [2.45, 2.75) is 33.2 Å². The van der Waals surface area contributed by atoms with E-state index in [0.717, 1.165) is 50.1 Å². The molecule has 2 aromatic rings. The molecular formula is C21H31N5OS. The number of benzene rings is 1. The fourth-order valence-corrected chi connectivity index (χ4v) is 4.05. The van der Waals surface area contributed by atoms with Crippen molar-refractivity contribution in [2.24, 2.45) is 4.99 Å². The normalized spacial score (nSPS) is 15.2. The smallest absolute Gasteiger partial charge is 0.194 e. The maximum Gasteiger partial charge on any atom is 0.194 e. The highest BCUT2D eigenvalue weighted by molar-refractivity contribution is 7.09. The molecule has 1 aromatic heterocycles.